The van der Waals surface area contributed by atoms with Gasteiger partial charge in [-0.1, -0.05) is 18.1 Å². The molecular weight excluding hydrogens is 366 g/mol. The van der Waals surface area contributed by atoms with E-state index in [4.69, 9.17) is 4.42 Å². The van der Waals surface area contributed by atoms with Crippen LogP contribution in [0, 0.1) is 10.1 Å². The molecule has 3 aromatic rings. The standard InChI is InChI=1S/C18H15N5O5/c1-2-15(24)19-13-5-3-4-12(10-13)16(25)20-18-22-21-17(28-18)11-6-8-14(9-7-11)23(26)27/h3-10H,2H2,1H3,(H,19,24)(H,20,22,25). The minimum absolute atomic E-state index is 0.0631. The van der Waals surface area contributed by atoms with Crippen LogP contribution in [-0.2, 0) is 4.79 Å². The van der Waals surface area contributed by atoms with Crippen molar-refractivity contribution >= 4 is 29.2 Å². The van der Waals surface area contributed by atoms with Crippen molar-refractivity contribution in [1.29, 1.82) is 0 Å². The summed E-state index contributed by atoms with van der Waals surface area (Å²) in [5.41, 5.74) is 1.20. The highest BCUT2D eigenvalue weighted by Crippen LogP contribution is 2.23. The number of non-ortho nitro benzene ring substituents is 1. The minimum atomic E-state index is -0.514. The predicted molar refractivity (Wildman–Crippen MR) is 99.7 cm³/mol. The Morgan fingerprint density at radius 2 is 1.86 bits per heavy atom. The Bertz CT molecular complexity index is 1030. The highest BCUT2D eigenvalue weighted by atomic mass is 16.6. The number of carbonyl (C=O) groups is 2. The van der Waals surface area contributed by atoms with Gasteiger partial charge in [0.15, 0.2) is 0 Å². The summed E-state index contributed by atoms with van der Waals surface area (Å²) in [5, 5.41) is 23.4. The van der Waals surface area contributed by atoms with Crippen molar-refractivity contribution in [1.82, 2.24) is 10.2 Å². The van der Waals surface area contributed by atoms with Gasteiger partial charge in [0.05, 0.1) is 4.92 Å². The van der Waals surface area contributed by atoms with Crippen LogP contribution in [0.4, 0.5) is 17.4 Å². The molecule has 0 saturated heterocycles. The Labute approximate surface area is 158 Å². The number of benzene rings is 2. The first-order chi connectivity index (χ1) is 13.5. The highest BCUT2D eigenvalue weighted by molar-refractivity contribution is 6.04. The van der Waals surface area contributed by atoms with Crippen LogP contribution in [0.1, 0.15) is 23.7 Å². The molecule has 10 heteroatoms. The molecule has 0 atom stereocenters. The monoisotopic (exact) mass is 381 g/mol. The molecule has 1 aromatic heterocycles. The minimum Gasteiger partial charge on any atom is -0.403 e. The fourth-order valence-corrected chi connectivity index (χ4v) is 2.27. The normalized spacial score (nSPS) is 10.3. The fraction of sp³-hybridized carbons (Fsp3) is 0.111. The van der Waals surface area contributed by atoms with E-state index in [1.807, 2.05) is 0 Å². The van der Waals surface area contributed by atoms with Gasteiger partial charge in [-0.05, 0) is 30.3 Å². The number of anilines is 2. The van der Waals surface area contributed by atoms with Crippen molar-refractivity contribution in [2.24, 2.45) is 0 Å². The van der Waals surface area contributed by atoms with Gasteiger partial charge in [-0.2, -0.15) is 0 Å². The van der Waals surface area contributed by atoms with Gasteiger partial charge in [0.1, 0.15) is 0 Å². The number of nitro groups is 1. The lowest BCUT2D eigenvalue weighted by Crippen LogP contribution is -2.14. The topological polar surface area (TPSA) is 140 Å². The highest BCUT2D eigenvalue weighted by Gasteiger charge is 2.14. The van der Waals surface area contributed by atoms with Crippen LogP contribution in [0.25, 0.3) is 11.5 Å². The van der Waals surface area contributed by atoms with E-state index in [2.05, 4.69) is 20.8 Å². The number of nitro benzene ring substituents is 1. The molecule has 0 saturated carbocycles. The van der Waals surface area contributed by atoms with E-state index in [-0.39, 0.29) is 23.5 Å². The van der Waals surface area contributed by atoms with Gasteiger partial charge >= 0.3 is 6.01 Å². The van der Waals surface area contributed by atoms with Crippen LogP contribution in [-0.4, -0.2) is 26.9 Å². The summed E-state index contributed by atoms with van der Waals surface area (Å²) in [5.74, 6) is -0.553. The molecule has 0 radical (unpaired) electrons. The van der Waals surface area contributed by atoms with E-state index in [1.165, 1.54) is 30.3 Å². The van der Waals surface area contributed by atoms with Crippen LogP contribution in [0.15, 0.2) is 52.9 Å². The van der Waals surface area contributed by atoms with Gasteiger partial charge in [-0.25, -0.2) is 0 Å². The van der Waals surface area contributed by atoms with Gasteiger partial charge < -0.3 is 9.73 Å². The average Bonchev–Trinajstić information content (AvgIpc) is 3.16. The first-order valence-electron chi connectivity index (χ1n) is 8.26. The molecule has 0 aliphatic heterocycles. The summed E-state index contributed by atoms with van der Waals surface area (Å²) in [7, 11) is 0. The molecular formula is C18H15N5O5. The molecule has 0 aliphatic carbocycles. The van der Waals surface area contributed by atoms with Gasteiger partial charge in [-0.3, -0.25) is 25.0 Å². The summed E-state index contributed by atoms with van der Waals surface area (Å²) in [6.45, 7) is 1.73. The molecule has 28 heavy (non-hydrogen) atoms. The zero-order valence-corrected chi connectivity index (χ0v) is 14.7. The van der Waals surface area contributed by atoms with Crippen molar-refractivity contribution in [3.8, 4) is 11.5 Å². The lowest BCUT2D eigenvalue weighted by Gasteiger charge is -2.06. The molecule has 0 unspecified atom stereocenters. The lowest BCUT2D eigenvalue weighted by molar-refractivity contribution is -0.384. The van der Waals surface area contributed by atoms with Gasteiger partial charge in [0.25, 0.3) is 11.6 Å². The van der Waals surface area contributed by atoms with E-state index in [9.17, 15) is 19.7 Å². The molecule has 0 bridgehead atoms. The van der Waals surface area contributed by atoms with Gasteiger partial charge in [0.2, 0.25) is 11.8 Å². The SMILES string of the molecule is CCC(=O)Nc1cccc(C(=O)Nc2nnc(-c3ccc([N+](=O)[O-])cc3)o2)c1. The Hall–Kier alpha value is -4.08. The number of aromatic nitrogens is 2. The summed E-state index contributed by atoms with van der Waals surface area (Å²) in [6.07, 6.45) is 0.323. The molecule has 142 valence electrons. The third kappa shape index (κ3) is 4.36. The van der Waals surface area contributed by atoms with Crippen molar-refractivity contribution in [3.05, 3.63) is 64.2 Å². The van der Waals surface area contributed by atoms with Crippen LogP contribution >= 0.6 is 0 Å². The molecule has 0 aliphatic rings. The summed E-state index contributed by atoms with van der Waals surface area (Å²) in [6, 6.07) is 11.8. The molecule has 3 rings (SSSR count). The predicted octanol–water partition coefficient (Wildman–Crippen LogP) is 3.25. The largest absolute Gasteiger partial charge is 0.403 e. The van der Waals surface area contributed by atoms with Gasteiger partial charge in [0, 0.05) is 35.4 Å². The maximum Gasteiger partial charge on any atom is 0.322 e. The van der Waals surface area contributed by atoms with E-state index in [1.54, 1.807) is 25.1 Å². The average molecular weight is 381 g/mol. The smallest absolute Gasteiger partial charge is 0.322 e. The Morgan fingerprint density at radius 3 is 2.54 bits per heavy atom. The van der Waals surface area contributed by atoms with Crippen molar-refractivity contribution in [2.45, 2.75) is 13.3 Å². The maximum absolute atomic E-state index is 12.4. The summed E-state index contributed by atoms with van der Waals surface area (Å²) < 4.78 is 5.38. The van der Waals surface area contributed by atoms with E-state index in [0.29, 0.717) is 23.2 Å². The van der Waals surface area contributed by atoms with Crippen LogP contribution in [0.5, 0.6) is 0 Å². The van der Waals surface area contributed by atoms with Crippen molar-refractivity contribution < 1.29 is 18.9 Å². The van der Waals surface area contributed by atoms with Gasteiger partial charge in [-0.15, -0.1) is 5.10 Å². The third-order valence-electron chi connectivity index (χ3n) is 3.70. The van der Waals surface area contributed by atoms with E-state index in [0.717, 1.165) is 0 Å². The fourth-order valence-electron chi connectivity index (χ4n) is 2.27. The zero-order chi connectivity index (χ0) is 20.1. The molecule has 2 amide bonds. The number of hydrogen-bond donors (Lipinski definition) is 2. The Kier molecular flexibility index (Phi) is 5.40. The van der Waals surface area contributed by atoms with E-state index >= 15 is 0 Å². The molecule has 0 fully saturated rings. The Balaban J connectivity index is 1.71. The number of amides is 2. The maximum atomic E-state index is 12.4. The first kappa shape index (κ1) is 18.7. The quantitative estimate of drug-likeness (QED) is 0.493. The number of nitrogens with one attached hydrogen (secondary N) is 2. The lowest BCUT2D eigenvalue weighted by atomic mass is 10.2. The second-order valence-electron chi connectivity index (χ2n) is 5.65. The van der Waals surface area contributed by atoms with Crippen LogP contribution in [0.2, 0.25) is 0 Å². The summed E-state index contributed by atoms with van der Waals surface area (Å²) >= 11 is 0. The van der Waals surface area contributed by atoms with E-state index < -0.39 is 10.8 Å². The Morgan fingerprint density at radius 1 is 1.11 bits per heavy atom. The molecule has 2 aromatic carbocycles. The van der Waals surface area contributed by atoms with Crippen LogP contribution in [0.3, 0.4) is 0 Å². The van der Waals surface area contributed by atoms with Crippen molar-refractivity contribution in [3.63, 3.8) is 0 Å². The molecule has 0 spiro atoms. The number of hydrogen-bond acceptors (Lipinski definition) is 7. The first-order valence-corrected chi connectivity index (χ1v) is 8.26. The molecule has 10 nitrogen and oxygen atoms in total. The number of nitrogens with zero attached hydrogens (tertiary/aromatic N) is 3. The molecule has 1 heterocycles. The van der Waals surface area contributed by atoms with Crippen LogP contribution < -0.4 is 10.6 Å². The zero-order valence-electron chi connectivity index (χ0n) is 14.7. The molecule has 2 N–H and O–H groups in total. The second-order valence-corrected chi connectivity index (χ2v) is 5.65. The second kappa shape index (κ2) is 8.08. The van der Waals surface area contributed by atoms with Crippen molar-refractivity contribution in [2.75, 3.05) is 10.6 Å². The number of carbonyl (C=O) groups excluding carboxylic acids is 2. The third-order valence-corrected chi connectivity index (χ3v) is 3.70. The summed E-state index contributed by atoms with van der Waals surface area (Å²) in [4.78, 5) is 34.0. The number of rotatable bonds is 6.